The van der Waals surface area contributed by atoms with Gasteiger partial charge in [-0.2, -0.15) is 0 Å². The molecule has 1 atom stereocenters. The summed E-state index contributed by atoms with van der Waals surface area (Å²) in [5.41, 5.74) is 3.02. The molecule has 0 saturated carbocycles. The second-order valence-corrected chi connectivity index (χ2v) is 5.63. The molecule has 0 saturated heterocycles. The Bertz CT molecular complexity index is 650. The maximum atomic E-state index is 12.3. The van der Waals surface area contributed by atoms with E-state index in [0.717, 1.165) is 16.7 Å². The Morgan fingerprint density at radius 1 is 1.04 bits per heavy atom. The minimum atomic E-state index is -0.862. The molecule has 0 aliphatic rings. The van der Waals surface area contributed by atoms with E-state index in [1.807, 2.05) is 61.5 Å². The predicted molar refractivity (Wildman–Crippen MR) is 89.1 cm³/mol. The fraction of sp³-hybridized carbons (Fsp3) is 0.263. The maximum absolute atomic E-state index is 12.3. The molecule has 0 bridgehead atoms. The standard InChI is InChI=1S/C19H21NO3/c1-14-7-9-15(10-8-14)13-18(21)20-17(11-12-19(22)23)16-5-3-2-4-6-16/h2-10,17H,11-13H2,1H3,(H,20,21)(H,22,23). The van der Waals surface area contributed by atoms with Crippen LogP contribution < -0.4 is 5.32 Å². The molecule has 1 amide bonds. The van der Waals surface area contributed by atoms with Gasteiger partial charge < -0.3 is 10.4 Å². The lowest BCUT2D eigenvalue weighted by Gasteiger charge is -2.18. The molecule has 0 heterocycles. The number of aliphatic carboxylic acids is 1. The molecular formula is C19H21NO3. The average Bonchev–Trinajstić information content (AvgIpc) is 2.54. The molecule has 1 unspecified atom stereocenters. The molecule has 0 fully saturated rings. The number of carboxylic acid groups (broad SMARTS) is 1. The summed E-state index contributed by atoms with van der Waals surface area (Å²) in [6, 6.07) is 17.0. The Hall–Kier alpha value is -2.62. The monoisotopic (exact) mass is 311 g/mol. The zero-order valence-corrected chi connectivity index (χ0v) is 13.2. The normalized spacial score (nSPS) is 11.7. The van der Waals surface area contributed by atoms with E-state index >= 15 is 0 Å². The number of carbonyl (C=O) groups excluding carboxylic acids is 1. The third kappa shape index (κ3) is 5.58. The fourth-order valence-electron chi connectivity index (χ4n) is 2.41. The van der Waals surface area contributed by atoms with Gasteiger partial charge in [0, 0.05) is 6.42 Å². The summed E-state index contributed by atoms with van der Waals surface area (Å²) < 4.78 is 0. The van der Waals surface area contributed by atoms with E-state index in [4.69, 9.17) is 5.11 Å². The number of aryl methyl sites for hydroxylation is 1. The Morgan fingerprint density at radius 3 is 2.30 bits per heavy atom. The van der Waals surface area contributed by atoms with Crippen molar-refractivity contribution in [3.05, 3.63) is 71.3 Å². The maximum Gasteiger partial charge on any atom is 0.303 e. The van der Waals surface area contributed by atoms with Crippen molar-refractivity contribution in [2.24, 2.45) is 0 Å². The number of hydrogen-bond donors (Lipinski definition) is 2. The first-order valence-electron chi connectivity index (χ1n) is 7.66. The summed E-state index contributed by atoms with van der Waals surface area (Å²) in [6.45, 7) is 2.00. The lowest BCUT2D eigenvalue weighted by atomic mass is 10.0. The van der Waals surface area contributed by atoms with Crippen LogP contribution >= 0.6 is 0 Å². The highest BCUT2D eigenvalue weighted by Gasteiger charge is 2.16. The van der Waals surface area contributed by atoms with Crippen molar-refractivity contribution in [1.29, 1.82) is 0 Å². The number of carboxylic acids is 1. The molecule has 0 aliphatic carbocycles. The van der Waals surface area contributed by atoms with Crippen molar-refractivity contribution in [3.8, 4) is 0 Å². The predicted octanol–water partition coefficient (Wildman–Crippen LogP) is 3.26. The van der Waals surface area contributed by atoms with Gasteiger partial charge in [-0.25, -0.2) is 0 Å². The molecule has 2 N–H and O–H groups in total. The van der Waals surface area contributed by atoms with Crippen LogP contribution in [0.4, 0.5) is 0 Å². The van der Waals surface area contributed by atoms with Gasteiger partial charge >= 0.3 is 5.97 Å². The van der Waals surface area contributed by atoms with Gasteiger partial charge in [0.25, 0.3) is 0 Å². The highest BCUT2D eigenvalue weighted by atomic mass is 16.4. The van der Waals surface area contributed by atoms with Gasteiger partial charge in [-0.1, -0.05) is 60.2 Å². The van der Waals surface area contributed by atoms with Crippen LogP contribution in [0, 0.1) is 6.92 Å². The van der Waals surface area contributed by atoms with E-state index in [0.29, 0.717) is 6.42 Å². The van der Waals surface area contributed by atoms with Crippen LogP contribution in [0.1, 0.15) is 35.6 Å². The van der Waals surface area contributed by atoms with Crippen molar-refractivity contribution in [3.63, 3.8) is 0 Å². The molecule has 0 aromatic heterocycles. The first-order chi connectivity index (χ1) is 11.0. The third-order valence-corrected chi connectivity index (χ3v) is 3.67. The van der Waals surface area contributed by atoms with Crippen LogP contribution in [0.25, 0.3) is 0 Å². The van der Waals surface area contributed by atoms with Crippen LogP contribution in [-0.2, 0) is 16.0 Å². The number of carbonyl (C=O) groups is 2. The highest BCUT2D eigenvalue weighted by molar-refractivity contribution is 5.79. The number of rotatable bonds is 7. The van der Waals surface area contributed by atoms with E-state index in [9.17, 15) is 9.59 Å². The molecule has 120 valence electrons. The van der Waals surface area contributed by atoms with E-state index < -0.39 is 5.97 Å². The van der Waals surface area contributed by atoms with Crippen molar-refractivity contribution < 1.29 is 14.7 Å². The van der Waals surface area contributed by atoms with Gasteiger partial charge in [0.15, 0.2) is 0 Å². The van der Waals surface area contributed by atoms with Crippen LogP contribution in [0.5, 0.6) is 0 Å². The molecule has 2 rings (SSSR count). The van der Waals surface area contributed by atoms with Gasteiger partial charge in [-0.15, -0.1) is 0 Å². The zero-order chi connectivity index (χ0) is 16.7. The van der Waals surface area contributed by atoms with Gasteiger partial charge in [-0.05, 0) is 24.5 Å². The summed E-state index contributed by atoms with van der Waals surface area (Å²) >= 11 is 0. The zero-order valence-electron chi connectivity index (χ0n) is 13.2. The lowest BCUT2D eigenvalue weighted by molar-refractivity contribution is -0.137. The molecule has 0 radical (unpaired) electrons. The lowest BCUT2D eigenvalue weighted by Crippen LogP contribution is -2.30. The van der Waals surface area contributed by atoms with Crippen molar-refractivity contribution in [2.75, 3.05) is 0 Å². The van der Waals surface area contributed by atoms with E-state index in [-0.39, 0.29) is 24.8 Å². The second-order valence-electron chi connectivity index (χ2n) is 5.63. The first-order valence-corrected chi connectivity index (χ1v) is 7.66. The Kier molecular flexibility index (Phi) is 5.92. The molecule has 0 aliphatic heterocycles. The minimum absolute atomic E-state index is 0.0182. The molecule has 2 aromatic rings. The van der Waals surface area contributed by atoms with E-state index in [1.54, 1.807) is 0 Å². The molecule has 4 nitrogen and oxygen atoms in total. The molecule has 23 heavy (non-hydrogen) atoms. The second kappa shape index (κ2) is 8.13. The van der Waals surface area contributed by atoms with E-state index in [2.05, 4.69) is 5.32 Å². The van der Waals surface area contributed by atoms with E-state index in [1.165, 1.54) is 0 Å². The highest BCUT2D eigenvalue weighted by Crippen LogP contribution is 2.18. The largest absolute Gasteiger partial charge is 0.481 e. The Morgan fingerprint density at radius 2 is 1.70 bits per heavy atom. The average molecular weight is 311 g/mol. The number of benzene rings is 2. The molecule has 0 spiro atoms. The minimum Gasteiger partial charge on any atom is -0.481 e. The van der Waals surface area contributed by atoms with Gasteiger partial charge in [-0.3, -0.25) is 9.59 Å². The first kappa shape index (κ1) is 16.7. The summed E-state index contributed by atoms with van der Waals surface area (Å²) in [5.74, 6) is -0.966. The quantitative estimate of drug-likeness (QED) is 0.825. The van der Waals surface area contributed by atoms with Crippen molar-refractivity contribution in [1.82, 2.24) is 5.32 Å². The van der Waals surface area contributed by atoms with Crippen molar-refractivity contribution in [2.45, 2.75) is 32.2 Å². The van der Waals surface area contributed by atoms with Crippen LogP contribution in [0.2, 0.25) is 0 Å². The topological polar surface area (TPSA) is 66.4 Å². The number of hydrogen-bond acceptors (Lipinski definition) is 2. The molecule has 2 aromatic carbocycles. The van der Waals surface area contributed by atoms with Crippen LogP contribution in [0.3, 0.4) is 0 Å². The summed E-state index contributed by atoms with van der Waals surface area (Å²) in [7, 11) is 0. The van der Waals surface area contributed by atoms with Crippen LogP contribution in [0.15, 0.2) is 54.6 Å². The summed E-state index contributed by atoms with van der Waals surface area (Å²) in [4.78, 5) is 23.1. The molecule has 4 heteroatoms. The van der Waals surface area contributed by atoms with Crippen molar-refractivity contribution >= 4 is 11.9 Å². The Labute approximate surface area is 136 Å². The number of nitrogens with one attached hydrogen (secondary N) is 1. The van der Waals surface area contributed by atoms with Gasteiger partial charge in [0.1, 0.15) is 0 Å². The molecular weight excluding hydrogens is 290 g/mol. The number of amides is 1. The van der Waals surface area contributed by atoms with Crippen LogP contribution in [-0.4, -0.2) is 17.0 Å². The summed E-state index contributed by atoms with van der Waals surface area (Å²) in [5, 5.41) is 11.8. The smallest absolute Gasteiger partial charge is 0.303 e. The Balaban J connectivity index is 2.02. The fourth-order valence-corrected chi connectivity index (χ4v) is 2.41. The SMILES string of the molecule is Cc1ccc(CC(=O)NC(CCC(=O)O)c2ccccc2)cc1. The third-order valence-electron chi connectivity index (χ3n) is 3.67. The van der Waals surface area contributed by atoms with Gasteiger partial charge in [0.05, 0.1) is 12.5 Å². The summed E-state index contributed by atoms with van der Waals surface area (Å²) in [6.07, 6.45) is 0.681. The van der Waals surface area contributed by atoms with Gasteiger partial charge in [0.2, 0.25) is 5.91 Å².